The average Bonchev–Trinajstić information content (AvgIpc) is 2.70. The van der Waals surface area contributed by atoms with E-state index in [1.807, 2.05) is 32.9 Å². The van der Waals surface area contributed by atoms with E-state index < -0.39 is 10.0 Å². The topological polar surface area (TPSA) is 102 Å². The standard InChI is InChI=1S/C20H26N4O4S/c1-14-10-15(2)20(16(3)11-14)23-19(25)13-22-18-5-4-17(12-21-18)29(26,27)24-6-8-28-9-7-24/h4-5,10-12H,6-9,13H2,1-3H3,(H,21,22)(H,23,25)/p+1. The van der Waals surface area contributed by atoms with Gasteiger partial charge in [0.15, 0.2) is 6.54 Å². The van der Waals surface area contributed by atoms with Gasteiger partial charge in [-0.3, -0.25) is 10.1 Å². The van der Waals surface area contributed by atoms with Crippen molar-refractivity contribution in [2.75, 3.05) is 43.5 Å². The van der Waals surface area contributed by atoms with Crippen molar-refractivity contribution in [1.82, 2.24) is 4.31 Å². The van der Waals surface area contributed by atoms with Crippen LogP contribution in [0.3, 0.4) is 0 Å². The molecule has 0 saturated carbocycles. The predicted octanol–water partition coefficient (Wildman–Crippen LogP) is 1.50. The van der Waals surface area contributed by atoms with Gasteiger partial charge in [-0.1, -0.05) is 17.7 Å². The first-order valence-corrected chi connectivity index (χ1v) is 10.9. The first kappa shape index (κ1) is 21.2. The second kappa shape index (κ2) is 8.89. The SMILES string of the molecule is Cc1cc(C)c(NC(=O)CNc2ccc(S(=O)(=O)N3CCOCC3)c[nH+]2)c(C)c1. The molecule has 2 aromatic rings. The van der Waals surface area contributed by atoms with Gasteiger partial charge in [0.05, 0.1) is 13.2 Å². The molecule has 0 radical (unpaired) electrons. The summed E-state index contributed by atoms with van der Waals surface area (Å²) in [5.41, 5.74) is 4.00. The summed E-state index contributed by atoms with van der Waals surface area (Å²) in [7, 11) is -3.55. The second-order valence-electron chi connectivity index (χ2n) is 7.13. The number of morpholine rings is 1. The Labute approximate surface area is 171 Å². The van der Waals surface area contributed by atoms with Crippen LogP contribution in [0.5, 0.6) is 0 Å². The molecule has 2 heterocycles. The second-order valence-corrected chi connectivity index (χ2v) is 9.07. The minimum atomic E-state index is -3.55. The molecule has 1 aliphatic heterocycles. The van der Waals surface area contributed by atoms with E-state index in [1.165, 1.54) is 16.6 Å². The first-order chi connectivity index (χ1) is 13.8. The summed E-state index contributed by atoms with van der Waals surface area (Å²) in [6.07, 6.45) is 1.43. The number of nitrogens with one attached hydrogen (secondary N) is 3. The number of carbonyl (C=O) groups excluding carboxylic acids is 1. The zero-order chi connectivity index (χ0) is 21.0. The van der Waals surface area contributed by atoms with Crippen molar-refractivity contribution in [2.45, 2.75) is 25.7 Å². The van der Waals surface area contributed by atoms with Crippen LogP contribution in [0.15, 0.2) is 35.4 Å². The molecule has 3 N–H and O–H groups in total. The van der Waals surface area contributed by atoms with Crippen LogP contribution >= 0.6 is 0 Å². The minimum absolute atomic E-state index is 0.0544. The Morgan fingerprint density at radius 2 is 1.79 bits per heavy atom. The van der Waals surface area contributed by atoms with Crippen LogP contribution < -0.4 is 15.6 Å². The number of anilines is 2. The van der Waals surface area contributed by atoms with Crippen LogP contribution in [0.1, 0.15) is 16.7 Å². The summed E-state index contributed by atoms with van der Waals surface area (Å²) >= 11 is 0. The fourth-order valence-corrected chi connectivity index (χ4v) is 4.73. The van der Waals surface area contributed by atoms with Gasteiger partial charge in [-0.15, -0.1) is 0 Å². The quantitative estimate of drug-likeness (QED) is 0.739. The lowest BCUT2D eigenvalue weighted by Gasteiger charge is -2.25. The molecule has 8 nitrogen and oxygen atoms in total. The number of aromatic nitrogens is 1. The molecule has 1 aliphatic rings. The van der Waals surface area contributed by atoms with E-state index in [0.717, 1.165) is 22.4 Å². The van der Waals surface area contributed by atoms with Crippen molar-refractivity contribution in [2.24, 2.45) is 0 Å². The molecular formula is C20H27N4O4S+. The van der Waals surface area contributed by atoms with Crippen molar-refractivity contribution in [3.63, 3.8) is 0 Å². The van der Waals surface area contributed by atoms with E-state index in [-0.39, 0.29) is 17.3 Å². The van der Waals surface area contributed by atoms with Gasteiger partial charge in [0, 0.05) is 24.8 Å². The molecule has 0 spiro atoms. The average molecular weight is 420 g/mol. The normalized spacial score (nSPS) is 15.1. The molecule has 29 heavy (non-hydrogen) atoms. The number of rotatable bonds is 6. The molecule has 9 heteroatoms. The van der Waals surface area contributed by atoms with Crippen molar-refractivity contribution in [3.05, 3.63) is 47.2 Å². The highest BCUT2D eigenvalue weighted by atomic mass is 32.2. The van der Waals surface area contributed by atoms with E-state index in [1.54, 1.807) is 6.07 Å². The van der Waals surface area contributed by atoms with E-state index in [9.17, 15) is 13.2 Å². The molecule has 0 bridgehead atoms. The van der Waals surface area contributed by atoms with Gasteiger partial charge in [0.2, 0.25) is 10.0 Å². The Hall–Kier alpha value is -2.49. The molecule has 0 aliphatic carbocycles. The van der Waals surface area contributed by atoms with Gasteiger partial charge in [0.1, 0.15) is 11.1 Å². The lowest BCUT2D eigenvalue weighted by Crippen LogP contribution is -2.40. The van der Waals surface area contributed by atoms with Crippen molar-refractivity contribution in [1.29, 1.82) is 0 Å². The third-order valence-electron chi connectivity index (χ3n) is 4.77. The van der Waals surface area contributed by atoms with Crippen LogP contribution in [0.2, 0.25) is 0 Å². The minimum Gasteiger partial charge on any atom is -0.379 e. The monoisotopic (exact) mass is 419 g/mol. The Balaban J connectivity index is 1.60. The fraction of sp³-hybridized carbons (Fsp3) is 0.400. The largest absolute Gasteiger partial charge is 0.379 e. The Kier molecular flexibility index (Phi) is 6.51. The number of ether oxygens (including phenoxy) is 1. The van der Waals surface area contributed by atoms with Crippen LogP contribution in [0.4, 0.5) is 11.5 Å². The van der Waals surface area contributed by atoms with E-state index >= 15 is 0 Å². The summed E-state index contributed by atoms with van der Waals surface area (Å²) < 4.78 is 31.9. The van der Waals surface area contributed by atoms with Gasteiger partial charge in [0.25, 0.3) is 11.7 Å². The zero-order valence-electron chi connectivity index (χ0n) is 16.9. The number of benzene rings is 1. The maximum atomic E-state index is 12.6. The number of carbonyl (C=O) groups is 1. The highest BCUT2D eigenvalue weighted by Gasteiger charge is 2.27. The molecule has 1 amide bonds. The third-order valence-corrected chi connectivity index (χ3v) is 6.67. The number of aromatic amines is 1. The molecule has 0 unspecified atom stereocenters. The molecule has 0 atom stereocenters. The maximum Gasteiger partial charge on any atom is 0.272 e. The van der Waals surface area contributed by atoms with E-state index in [2.05, 4.69) is 15.6 Å². The Bertz CT molecular complexity index is 961. The number of hydrogen-bond donors (Lipinski definition) is 2. The Morgan fingerprint density at radius 1 is 1.14 bits per heavy atom. The van der Waals surface area contributed by atoms with Gasteiger partial charge >= 0.3 is 0 Å². The number of pyridine rings is 1. The molecule has 3 rings (SSSR count). The van der Waals surface area contributed by atoms with E-state index in [4.69, 9.17) is 4.74 Å². The van der Waals surface area contributed by atoms with Crippen LogP contribution in [-0.4, -0.2) is 51.5 Å². The third kappa shape index (κ3) is 5.11. The first-order valence-electron chi connectivity index (χ1n) is 9.48. The summed E-state index contributed by atoms with van der Waals surface area (Å²) in [6, 6.07) is 7.19. The zero-order valence-corrected chi connectivity index (χ0v) is 17.7. The number of aryl methyl sites for hydroxylation is 3. The highest BCUT2D eigenvalue weighted by Crippen LogP contribution is 2.22. The summed E-state index contributed by atoms with van der Waals surface area (Å²) in [5, 5.41) is 5.90. The lowest BCUT2D eigenvalue weighted by molar-refractivity contribution is -0.364. The fourth-order valence-electron chi connectivity index (χ4n) is 3.35. The molecule has 156 valence electrons. The Morgan fingerprint density at radius 3 is 2.38 bits per heavy atom. The molecule has 1 aromatic heterocycles. The smallest absolute Gasteiger partial charge is 0.272 e. The number of H-pyrrole nitrogens is 1. The number of sulfonamides is 1. The van der Waals surface area contributed by atoms with Crippen molar-refractivity contribution in [3.8, 4) is 0 Å². The number of nitrogens with zero attached hydrogens (tertiary/aromatic N) is 1. The van der Waals surface area contributed by atoms with Crippen LogP contribution in [-0.2, 0) is 19.6 Å². The van der Waals surface area contributed by atoms with E-state index in [0.29, 0.717) is 32.1 Å². The predicted molar refractivity (Wildman–Crippen MR) is 110 cm³/mol. The van der Waals surface area contributed by atoms with Gasteiger partial charge < -0.3 is 10.1 Å². The lowest BCUT2D eigenvalue weighted by atomic mass is 10.1. The van der Waals surface area contributed by atoms with Crippen LogP contribution in [0.25, 0.3) is 0 Å². The van der Waals surface area contributed by atoms with Gasteiger partial charge in [-0.25, -0.2) is 13.4 Å². The van der Waals surface area contributed by atoms with Gasteiger partial charge in [-0.05, 0) is 38.0 Å². The van der Waals surface area contributed by atoms with Crippen LogP contribution in [0, 0.1) is 20.8 Å². The number of hydrogen-bond acceptors (Lipinski definition) is 5. The molecular weight excluding hydrogens is 392 g/mol. The molecule has 1 saturated heterocycles. The van der Waals surface area contributed by atoms with Gasteiger partial charge in [-0.2, -0.15) is 4.31 Å². The highest BCUT2D eigenvalue weighted by molar-refractivity contribution is 7.89. The number of amides is 1. The summed E-state index contributed by atoms with van der Waals surface area (Å²) in [5.74, 6) is 0.372. The van der Waals surface area contributed by atoms with Crippen molar-refractivity contribution < 1.29 is 22.9 Å². The summed E-state index contributed by atoms with van der Waals surface area (Å²) in [6.45, 7) is 7.50. The molecule has 1 fully saturated rings. The summed E-state index contributed by atoms with van der Waals surface area (Å²) in [4.78, 5) is 15.4. The maximum absolute atomic E-state index is 12.6. The molecule has 1 aromatic carbocycles. The van der Waals surface area contributed by atoms with Crippen molar-refractivity contribution >= 4 is 27.4 Å².